The topological polar surface area (TPSA) is 94.0 Å². The second-order valence-electron chi connectivity index (χ2n) is 3.90. The second kappa shape index (κ2) is 5.33. The van der Waals surface area contributed by atoms with Crippen LogP contribution in [0.3, 0.4) is 0 Å². The van der Waals surface area contributed by atoms with Gasteiger partial charge >= 0.3 is 5.97 Å². The summed E-state index contributed by atoms with van der Waals surface area (Å²) in [6.07, 6.45) is 1.43. The van der Waals surface area contributed by atoms with Crippen molar-refractivity contribution in [2.45, 2.75) is 12.5 Å². The van der Waals surface area contributed by atoms with Crippen LogP contribution in [-0.2, 0) is 11.2 Å². The predicted octanol–water partition coefficient (Wildman–Crippen LogP) is 1.01. The number of rotatable bonds is 4. The van der Waals surface area contributed by atoms with Crippen molar-refractivity contribution in [3.05, 3.63) is 40.9 Å². The zero-order chi connectivity index (χ0) is 14.0. The summed E-state index contributed by atoms with van der Waals surface area (Å²) < 4.78 is 14.8. The molecule has 0 radical (unpaired) electrons. The van der Waals surface area contributed by atoms with Crippen LogP contribution >= 0.6 is 11.6 Å². The number of benzene rings is 1. The number of hydrogen-bond donors (Lipinski definition) is 2. The number of aromatic nitrogens is 3. The molecule has 8 heteroatoms. The van der Waals surface area contributed by atoms with Crippen LogP contribution in [0.2, 0.25) is 5.02 Å². The minimum Gasteiger partial charge on any atom is -0.480 e. The molecular formula is C11H10ClFN4O2. The Morgan fingerprint density at radius 2 is 2.32 bits per heavy atom. The molecule has 1 unspecified atom stereocenters. The molecule has 2 rings (SSSR count). The number of halogens is 2. The van der Waals surface area contributed by atoms with Gasteiger partial charge in [0.25, 0.3) is 0 Å². The smallest absolute Gasteiger partial charge is 0.320 e. The summed E-state index contributed by atoms with van der Waals surface area (Å²) in [4.78, 5) is 10.6. The largest absolute Gasteiger partial charge is 0.480 e. The van der Waals surface area contributed by atoms with E-state index >= 15 is 0 Å². The van der Waals surface area contributed by atoms with Crippen molar-refractivity contribution in [1.29, 1.82) is 0 Å². The van der Waals surface area contributed by atoms with Crippen LogP contribution in [0.25, 0.3) is 5.69 Å². The van der Waals surface area contributed by atoms with Crippen LogP contribution in [0.15, 0.2) is 24.4 Å². The summed E-state index contributed by atoms with van der Waals surface area (Å²) in [5.74, 6) is -1.65. The third-order valence-corrected chi connectivity index (χ3v) is 2.68. The highest BCUT2D eigenvalue weighted by Gasteiger charge is 2.15. The maximum absolute atomic E-state index is 13.6. The molecule has 0 saturated heterocycles. The Bertz CT molecular complexity index is 616. The summed E-state index contributed by atoms with van der Waals surface area (Å²) in [5, 5.41) is 16.5. The van der Waals surface area contributed by atoms with Crippen LogP contribution in [0.4, 0.5) is 4.39 Å². The first-order valence-corrected chi connectivity index (χ1v) is 5.70. The van der Waals surface area contributed by atoms with E-state index in [1.807, 2.05) is 0 Å². The van der Waals surface area contributed by atoms with Crippen molar-refractivity contribution in [3.8, 4) is 5.69 Å². The maximum Gasteiger partial charge on any atom is 0.320 e. The van der Waals surface area contributed by atoms with Gasteiger partial charge in [0.05, 0.1) is 11.9 Å². The van der Waals surface area contributed by atoms with Gasteiger partial charge in [-0.25, -0.2) is 9.07 Å². The SMILES string of the molecule is NC(Cc1cn(-c2cc(Cl)ccc2F)nn1)C(=O)O. The first kappa shape index (κ1) is 13.4. The standard InChI is InChI=1S/C11H10ClFN4O2/c12-6-1-2-8(13)10(3-6)17-5-7(15-16-17)4-9(14)11(18)19/h1-3,5,9H,4,14H2,(H,18,19). The Morgan fingerprint density at radius 3 is 3.00 bits per heavy atom. The van der Waals surface area contributed by atoms with Crippen LogP contribution in [-0.4, -0.2) is 32.1 Å². The molecule has 0 saturated carbocycles. The van der Waals surface area contributed by atoms with E-state index in [4.69, 9.17) is 22.4 Å². The molecule has 1 aromatic heterocycles. The number of carbonyl (C=O) groups is 1. The molecule has 100 valence electrons. The maximum atomic E-state index is 13.6. The fourth-order valence-corrected chi connectivity index (χ4v) is 1.65. The molecule has 0 bridgehead atoms. The predicted molar refractivity (Wildman–Crippen MR) is 65.6 cm³/mol. The fraction of sp³-hybridized carbons (Fsp3) is 0.182. The first-order valence-electron chi connectivity index (χ1n) is 5.32. The van der Waals surface area contributed by atoms with Gasteiger partial charge in [-0.15, -0.1) is 5.10 Å². The van der Waals surface area contributed by atoms with Gasteiger partial charge in [-0.1, -0.05) is 16.8 Å². The Kier molecular flexibility index (Phi) is 3.77. The molecule has 0 fully saturated rings. The van der Waals surface area contributed by atoms with E-state index < -0.39 is 17.8 Å². The van der Waals surface area contributed by atoms with E-state index in [1.165, 1.54) is 29.1 Å². The zero-order valence-corrected chi connectivity index (χ0v) is 10.4. The minimum absolute atomic E-state index is 0.0114. The normalized spacial score (nSPS) is 12.4. The van der Waals surface area contributed by atoms with Crippen LogP contribution in [0, 0.1) is 5.82 Å². The lowest BCUT2D eigenvalue weighted by molar-refractivity contribution is -0.138. The Balaban J connectivity index is 2.26. The molecule has 2 aromatic rings. The lowest BCUT2D eigenvalue weighted by Crippen LogP contribution is -2.32. The molecule has 6 nitrogen and oxygen atoms in total. The van der Waals surface area contributed by atoms with Gasteiger partial charge in [0, 0.05) is 11.4 Å². The second-order valence-corrected chi connectivity index (χ2v) is 4.34. The van der Waals surface area contributed by atoms with Gasteiger partial charge < -0.3 is 10.8 Å². The van der Waals surface area contributed by atoms with E-state index in [9.17, 15) is 9.18 Å². The molecular weight excluding hydrogens is 275 g/mol. The summed E-state index contributed by atoms with van der Waals surface area (Å²) in [5.41, 5.74) is 5.87. The monoisotopic (exact) mass is 284 g/mol. The summed E-state index contributed by atoms with van der Waals surface area (Å²) in [7, 11) is 0. The molecule has 0 aliphatic carbocycles. The highest BCUT2D eigenvalue weighted by atomic mass is 35.5. The quantitative estimate of drug-likeness (QED) is 0.874. The summed E-state index contributed by atoms with van der Waals surface area (Å²) >= 11 is 5.77. The molecule has 19 heavy (non-hydrogen) atoms. The molecule has 1 heterocycles. The number of nitrogens with zero attached hydrogens (tertiary/aromatic N) is 3. The van der Waals surface area contributed by atoms with Crippen molar-refractivity contribution in [2.75, 3.05) is 0 Å². The van der Waals surface area contributed by atoms with E-state index in [0.29, 0.717) is 10.7 Å². The molecule has 3 N–H and O–H groups in total. The van der Waals surface area contributed by atoms with Crippen molar-refractivity contribution < 1.29 is 14.3 Å². The van der Waals surface area contributed by atoms with E-state index in [-0.39, 0.29) is 12.1 Å². The van der Waals surface area contributed by atoms with Gasteiger partial charge in [0.15, 0.2) is 0 Å². The first-order chi connectivity index (χ1) is 8.97. The highest BCUT2D eigenvalue weighted by Crippen LogP contribution is 2.18. The van der Waals surface area contributed by atoms with Gasteiger partial charge in [-0.3, -0.25) is 4.79 Å². The Morgan fingerprint density at radius 1 is 1.58 bits per heavy atom. The van der Waals surface area contributed by atoms with Gasteiger partial charge in [-0.2, -0.15) is 0 Å². The number of nitrogens with two attached hydrogens (primary N) is 1. The fourth-order valence-electron chi connectivity index (χ4n) is 1.48. The lowest BCUT2D eigenvalue weighted by Gasteiger charge is -2.03. The van der Waals surface area contributed by atoms with Gasteiger partial charge in [0.2, 0.25) is 0 Å². The number of carboxylic acid groups (broad SMARTS) is 1. The molecule has 1 aromatic carbocycles. The zero-order valence-electron chi connectivity index (χ0n) is 9.62. The summed E-state index contributed by atoms with van der Waals surface area (Å²) in [6, 6.07) is 2.95. The highest BCUT2D eigenvalue weighted by molar-refractivity contribution is 6.30. The average molecular weight is 285 g/mol. The van der Waals surface area contributed by atoms with Crippen molar-refractivity contribution in [1.82, 2.24) is 15.0 Å². The molecule has 0 aliphatic rings. The Hall–Kier alpha value is -1.99. The average Bonchev–Trinajstić information content (AvgIpc) is 2.80. The van der Waals surface area contributed by atoms with E-state index in [0.717, 1.165) is 0 Å². The van der Waals surface area contributed by atoms with Gasteiger partial charge in [-0.05, 0) is 18.2 Å². The third kappa shape index (κ3) is 3.07. The van der Waals surface area contributed by atoms with Crippen LogP contribution in [0.1, 0.15) is 5.69 Å². The van der Waals surface area contributed by atoms with Crippen LogP contribution < -0.4 is 5.73 Å². The molecule has 1 atom stereocenters. The lowest BCUT2D eigenvalue weighted by atomic mass is 10.2. The van der Waals surface area contributed by atoms with Gasteiger partial charge in [0.1, 0.15) is 17.5 Å². The third-order valence-electron chi connectivity index (χ3n) is 2.44. The van der Waals surface area contributed by atoms with E-state index in [2.05, 4.69) is 10.3 Å². The minimum atomic E-state index is -1.14. The number of carboxylic acids is 1. The van der Waals surface area contributed by atoms with Crippen molar-refractivity contribution >= 4 is 17.6 Å². The van der Waals surface area contributed by atoms with E-state index in [1.54, 1.807) is 0 Å². The molecule has 0 aliphatic heterocycles. The number of aliphatic carboxylic acids is 1. The van der Waals surface area contributed by atoms with Crippen LogP contribution in [0.5, 0.6) is 0 Å². The van der Waals surface area contributed by atoms with Crippen molar-refractivity contribution in [2.24, 2.45) is 5.73 Å². The molecule has 0 amide bonds. The molecule has 0 spiro atoms. The Labute approximate surface area is 112 Å². The summed E-state index contributed by atoms with van der Waals surface area (Å²) in [6.45, 7) is 0. The van der Waals surface area contributed by atoms with Crippen molar-refractivity contribution in [3.63, 3.8) is 0 Å². The number of hydrogen-bond acceptors (Lipinski definition) is 4.